The van der Waals surface area contributed by atoms with Gasteiger partial charge in [0.15, 0.2) is 0 Å². The Bertz CT molecular complexity index is 562. The second-order valence-corrected chi connectivity index (χ2v) is 5.71. The van der Waals surface area contributed by atoms with Crippen LogP contribution in [0.25, 0.3) is 0 Å². The predicted molar refractivity (Wildman–Crippen MR) is 87.5 cm³/mol. The lowest BCUT2D eigenvalue weighted by Crippen LogP contribution is -2.31. The summed E-state index contributed by atoms with van der Waals surface area (Å²) in [5.41, 5.74) is 2.44. The molecule has 1 N–H and O–H groups in total. The van der Waals surface area contributed by atoms with Gasteiger partial charge in [0.05, 0.1) is 6.04 Å². The fourth-order valence-corrected chi connectivity index (χ4v) is 3.03. The second-order valence-electron chi connectivity index (χ2n) is 5.71. The largest absolute Gasteiger partial charge is 0.368 e. The van der Waals surface area contributed by atoms with Crippen molar-refractivity contribution in [3.8, 4) is 0 Å². The molecule has 0 aliphatic carbocycles. The lowest BCUT2D eigenvalue weighted by atomic mass is 10.1. The summed E-state index contributed by atoms with van der Waals surface area (Å²) in [5, 5.41) is 3.51. The number of pyridine rings is 1. The zero-order valence-electron chi connectivity index (χ0n) is 12.6. The molecule has 21 heavy (non-hydrogen) atoms. The van der Waals surface area contributed by atoms with Crippen molar-refractivity contribution in [2.75, 3.05) is 25.0 Å². The third-order valence-electron chi connectivity index (χ3n) is 4.13. The smallest absolute Gasteiger partial charge is 0.126 e. The Morgan fingerprint density at radius 2 is 1.81 bits per heavy atom. The van der Waals surface area contributed by atoms with Crippen LogP contribution in [0.1, 0.15) is 30.1 Å². The van der Waals surface area contributed by atoms with Gasteiger partial charge < -0.3 is 5.32 Å². The van der Waals surface area contributed by atoms with Crippen LogP contribution in [0.15, 0.2) is 48.5 Å². The van der Waals surface area contributed by atoms with Crippen LogP contribution in [0, 0.1) is 6.92 Å². The summed E-state index contributed by atoms with van der Waals surface area (Å²) in [7, 11) is 0. The molecule has 3 nitrogen and oxygen atoms in total. The second kappa shape index (κ2) is 6.72. The highest BCUT2D eigenvalue weighted by atomic mass is 15.2. The summed E-state index contributed by atoms with van der Waals surface area (Å²) in [6, 6.07) is 17.4. The van der Waals surface area contributed by atoms with Gasteiger partial charge in [-0.3, -0.25) is 4.90 Å². The number of aryl methyl sites for hydroxylation is 1. The van der Waals surface area contributed by atoms with Crippen LogP contribution in [-0.4, -0.2) is 29.5 Å². The molecule has 3 heteroatoms. The van der Waals surface area contributed by atoms with Gasteiger partial charge in [-0.25, -0.2) is 4.98 Å². The van der Waals surface area contributed by atoms with Crippen LogP contribution >= 0.6 is 0 Å². The molecule has 0 radical (unpaired) electrons. The highest BCUT2D eigenvalue weighted by Gasteiger charge is 2.23. The van der Waals surface area contributed by atoms with Crippen molar-refractivity contribution in [3.05, 3.63) is 59.8 Å². The zero-order chi connectivity index (χ0) is 14.5. The number of nitrogens with one attached hydrogen (secondary N) is 1. The van der Waals surface area contributed by atoms with Gasteiger partial charge >= 0.3 is 0 Å². The van der Waals surface area contributed by atoms with E-state index in [1.165, 1.54) is 31.5 Å². The first kappa shape index (κ1) is 14.1. The molecule has 1 aliphatic heterocycles. The summed E-state index contributed by atoms with van der Waals surface area (Å²) >= 11 is 0. The minimum absolute atomic E-state index is 0.427. The van der Waals surface area contributed by atoms with Crippen molar-refractivity contribution in [3.63, 3.8) is 0 Å². The van der Waals surface area contributed by atoms with Crippen molar-refractivity contribution in [2.24, 2.45) is 0 Å². The molecule has 1 aliphatic rings. The summed E-state index contributed by atoms with van der Waals surface area (Å²) in [4.78, 5) is 7.12. The normalized spacial score (nSPS) is 16.8. The van der Waals surface area contributed by atoms with Crippen molar-refractivity contribution in [2.45, 2.75) is 25.8 Å². The molecular formula is C18H23N3. The van der Waals surface area contributed by atoms with Crippen LogP contribution in [0.2, 0.25) is 0 Å². The summed E-state index contributed by atoms with van der Waals surface area (Å²) in [5.74, 6) is 0.968. The lowest BCUT2D eigenvalue weighted by Gasteiger charge is -2.28. The van der Waals surface area contributed by atoms with Gasteiger partial charge in [-0.15, -0.1) is 0 Å². The molecule has 1 aromatic heterocycles. The maximum Gasteiger partial charge on any atom is 0.126 e. The number of hydrogen-bond acceptors (Lipinski definition) is 3. The Morgan fingerprint density at radius 1 is 1.05 bits per heavy atom. The van der Waals surface area contributed by atoms with E-state index in [1.807, 2.05) is 19.1 Å². The Labute approximate surface area is 127 Å². The van der Waals surface area contributed by atoms with Gasteiger partial charge in [0.2, 0.25) is 0 Å². The fraction of sp³-hybridized carbons (Fsp3) is 0.389. The maximum absolute atomic E-state index is 4.54. The number of nitrogens with zero attached hydrogens (tertiary/aromatic N) is 2. The van der Waals surface area contributed by atoms with Gasteiger partial charge in [0.25, 0.3) is 0 Å². The molecule has 1 aromatic carbocycles. The van der Waals surface area contributed by atoms with Crippen LogP contribution in [0.3, 0.4) is 0 Å². The molecule has 0 bridgehead atoms. The van der Waals surface area contributed by atoms with Gasteiger partial charge in [-0.2, -0.15) is 0 Å². The average molecular weight is 281 g/mol. The molecule has 2 heterocycles. The minimum atomic E-state index is 0.427. The summed E-state index contributed by atoms with van der Waals surface area (Å²) in [6.45, 7) is 5.33. The molecule has 0 saturated carbocycles. The van der Waals surface area contributed by atoms with E-state index >= 15 is 0 Å². The van der Waals surface area contributed by atoms with Crippen LogP contribution in [-0.2, 0) is 0 Å². The topological polar surface area (TPSA) is 28.2 Å². The number of rotatable bonds is 5. The highest BCUT2D eigenvalue weighted by molar-refractivity contribution is 5.36. The number of anilines is 1. The maximum atomic E-state index is 4.54. The van der Waals surface area contributed by atoms with E-state index in [9.17, 15) is 0 Å². The average Bonchev–Trinajstić information content (AvgIpc) is 3.03. The quantitative estimate of drug-likeness (QED) is 0.907. The minimum Gasteiger partial charge on any atom is -0.368 e. The molecule has 110 valence electrons. The van der Waals surface area contributed by atoms with E-state index in [-0.39, 0.29) is 0 Å². The van der Waals surface area contributed by atoms with E-state index in [2.05, 4.69) is 51.6 Å². The van der Waals surface area contributed by atoms with Gasteiger partial charge in [0, 0.05) is 12.2 Å². The van der Waals surface area contributed by atoms with Crippen LogP contribution in [0.5, 0.6) is 0 Å². The molecule has 1 atom stereocenters. The van der Waals surface area contributed by atoms with Crippen molar-refractivity contribution < 1.29 is 0 Å². The van der Waals surface area contributed by atoms with Crippen LogP contribution in [0.4, 0.5) is 5.82 Å². The zero-order valence-corrected chi connectivity index (χ0v) is 12.6. The Hall–Kier alpha value is -1.87. The third kappa shape index (κ3) is 3.61. The first-order valence-electron chi connectivity index (χ1n) is 7.79. The van der Waals surface area contributed by atoms with Gasteiger partial charge in [0.1, 0.15) is 5.82 Å². The molecule has 1 saturated heterocycles. The lowest BCUT2D eigenvalue weighted by molar-refractivity contribution is 0.256. The van der Waals surface area contributed by atoms with E-state index < -0.39 is 0 Å². The molecule has 1 unspecified atom stereocenters. The fourth-order valence-electron chi connectivity index (χ4n) is 3.03. The SMILES string of the molecule is Cc1cccc(NCC(c2ccccc2)N2CCCC2)n1. The molecular weight excluding hydrogens is 258 g/mol. The molecule has 0 spiro atoms. The Kier molecular flexibility index (Phi) is 4.51. The van der Waals surface area contributed by atoms with Crippen LogP contribution < -0.4 is 5.32 Å². The van der Waals surface area contributed by atoms with Gasteiger partial charge in [-0.1, -0.05) is 36.4 Å². The number of hydrogen-bond donors (Lipinski definition) is 1. The highest BCUT2D eigenvalue weighted by Crippen LogP contribution is 2.25. The van der Waals surface area contributed by atoms with E-state index in [0.29, 0.717) is 6.04 Å². The molecule has 0 amide bonds. The van der Waals surface area contributed by atoms with Crippen molar-refractivity contribution in [1.29, 1.82) is 0 Å². The molecule has 2 aromatic rings. The van der Waals surface area contributed by atoms with Gasteiger partial charge in [-0.05, 0) is 50.6 Å². The Balaban J connectivity index is 1.73. The van der Waals surface area contributed by atoms with Crippen molar-refractivity contribution >= 4 is 5.82 Å². The standard InChI is InChI=1S/C18H23N3/c1-15-8-7-11-18(20-15)19-14-17(21-12-5-6-13-21)16-9-3-2-4-10-16/h2-4,7-11,17H,5-6,12-14H2,1H3,(H,19,20). The summed E-state index contributed by atoms with van der Waals surface area (Å²) < 4.78 is 0. The molecule has 1 fully saturated rings. The van der Waals surface area contributed by atoms with E-state index in [0.717, 1.165) is 18.1 Å². The molecule has 3 rings (SSSR count). The van der Waals surface area contributed by atoms with E-state index in [4.69, 9.17) is 0 Å². The Morgan fingerprint density at radius 3 is 2.52 bits per heavy atom. The first-order valence-corrected chi connectivity index (χ1v) is 7.79. The van der Waals surface area contributed by atoms with Crippen molar-refractivity contribution in [1.82, 2.24) is 9.88 Å². The first-order chi connectivity index (χ1) is 10.3. The third-order valence-corrected chi connectivity index (χ3v) is 4.13. The number of likely N-dealkylation sites (tertiary alicyclic amines) is 1. The summed E-state index contributed by atoms with van der Waals surface area (Å²) in [6.07, 6.45) is 2.62. The van der Waals surface area contributed by atoms with E-state index in [1.54, 1.807) is 0 Å². The predicted octanol–water partition coefficient (Wildman–Crippen LogP) is 3.64. The number of benzene rings is 1. The number of aromatic nitrogens is 1. The monoisotopic (exact) mass is 281 g/mol.